The highest BCUT2D eigenvalue weighted by atomic mass is 32.2. The lowest BCUT2D eigenvalue weighted by Crippen LogP contribution is -2.39. The van der Waals surface area contributed by atoms with Crippen molar-refractivity contribution < 1.29 is 53.2 Å². The summed E-state index contributed by atoms with van der Waals surface area (Å²) in [5.41, 5.74) is -1.73. The molecule has 5 nitrogen and oxygen atoms in total. The van der Waals surface area contributed by atoms with Gasteiger partial charge in [0, 0.05) is 0 Å². The molecule has 0 saturated heterocycles. The van der Waals surface area contributed by atoms with E-state index in [1.54, 1.807) is 0 Å². The predicted molar refractivity (Wildman–Crippen MR) is 57.9 cm³/mol. The minimum atomic E-state index is -5.50. The van der Waals surface area contributed by atoms with Gasteiger partial charge in [-0.2, -0.15) is 21.6 Å². The number of ether oxygens (including phenoxy) is 1. The Labute approximate surface area is 123 Å². The molecule has 0 aliphatic rings. The molecule has 1 aromatic rings. The summed E-state index contributed by atoms with van der Waals surface area (Å²) in [5.74, 6) is -13.7. The lowest BCUT2D eigenvalue weighted by atomic mass is 10.2. The molecular weight excluding hydrogens is 365 g/mol. The first-order chi connectivity index (χ1) is 10.2. The van der Waals surface area contributed by atoms with E-state index in [2.05, 4.69) is 4.74 Å². The van der Waals surface area contributed by atoms with Gasteiger partial charge in [0.05, 0.1) is 0 Å². The van der Waals surface area contributed by atoms with Gasteiger partial charge < -0.3 is 4.74 Å². The van der Waals surface area contributed by atoms with Crippen LogP contribution in [0.2, 0.25) is 0 Å². The zero-order chi connectivity index (χ0) is 18.2. The van der Waals surface area contributed by atoms with Crippen molar-refractivity contribution in [1.82, 2.24) is 0 Å². The quantitative estimate of drug-likeness (QED) is 0.289. The van der Waals surface area contributed by atoms with Gasteiger partial charge in [-0.05, 0) is 6.07 Å². The van der Waals surface area contributed by atoms with E-state index >= 15 is 0 Å². The number of benzene rings is 1. The molecule has 0 radical (unpaired) electrons. The molecule has 1 N–H and O–H groups in total. The van der Waals surface area contributed by atoms with Crippen LogP contribution in [0.1, 0.15) is 10.4 Å². The van der Waals surface area contributed by atoms with Crippen LogP contribution in [0.25, 0.3) is 0 Å². The number of alkyl halides is 3. The number of carbonyl (C=O) groups is 1. The average Bonchev–Trinajstić information content (AvgIpc) is 2.37. The third-order valence-corrected chi connectivity index (χ3v) is 3.02. The van der Waals surface area contributed by atoms with Crippen molar-refractivity contribution in [2.24, 2.45) is 0 Å². The summed E-state index contributed by atoms with van der Waals surface area (Å²) in [4.78, 5) is 11.3. The molecule has 0 heterocycles. The largest absolute Gasteiger partial charge is 0.448 e. The SMILES string of the molecule is O=C(OC(CS(=O)(=O)O)C(F)(F)F)c1cc(F)c(F)c(F)c1F. The normalized spacial score (nSPS) is 13.7. The van der Waals surface area contributed by atoms with Crippen LogP contribution in [-0.4, -0.2) is 37.0 Å². The van der Waals surface area contributed by atoms with Crippen LogP contribution in [0, 0.1) is 23.3 Å². The fourth-order valence-corrected chi connectivity index (χ4v) is 1.94. The van der Waals surface area contributed by atoms with Crippen molar-refractivity contribution in [2.75, 3.05) is 5.75 Å². The summed E-state index contributed by atoms with van der Waals surface area (Å²) in [6, 6.07) is -0.267. The van der Waals surface area contributed by atoms with E-state index in [0.717, 1.165) is 0 Å². The molecular formula is C10H5F7O5S. The van der Waals surface area contributed by atoms with Crippen LogP contribution in [0.3, 0.4) is 0 Å². The summed E-state index contributed by atoms with van der Waals surface area (Å²) in [5, 5.41) is 0. The zero-order valence-corrected chi connectivity index (χ0v) is 11.3. The molecule has 0 fully saturated rings. The summed E-state index contributed by atoms with van der Waals surface area (Å²) < 4.78 is 122. The fraction of sp³-hybridized carbons (Fsp3) is 0.300. The number of hydrogen-bond donors (Lipinski definition) is 1. The maximum Gasteiger partial charge on any atom is 0.426 e. The Bertz CT molecular complexity index is 728. The molecule has 13 heteroatoms. The maximum atomic E-state index is 13.2. The Morgan fingerprint density at radius 1 is 1.13 bits per heavy atom. The summed E-state index contributed by atoms with van der Waals surface area (Å²) in [6.45, 7) is 0. The number of hydrogen-bond acceptors (Lipinski definition) is 4. The molecule has 0 aliphatic heterocycles. The highest BCUT2D eigenvalue weighted by molar-refractivity contribution is 7.85. The van der Waals surface area contributed by atoms with Crippen molar-refractivity contribution in [3.05, 3.63) is 34.9 Å². The Morgan fingerprint density at radius 3 is 2.09 bits per heavy atom. The van der Waals surface area contributed by atoms with Gasteiger partial charge in [-0.15, -0.1) is 0 Å². The molecule has 0 spiro atoms. The van der Waals surface area contributed by atoms with E-state index in [1.165, 1.54) is 0 Å². The van der Waals surface area contributed by atoms with Crippen molar-refractivity contribution >= 4 is 16.1 Å². The highest BCUT2D eigenvalue weighted by Gasteiger charge is 2.46. The number of halogens is 7. The van der Waals surface area contributed by atoms with E-state index in [0.29, 0.717) is 0 Å². The fourth-order valence-electron chi connectivity index (χ4n) is 1.30. The first-order valence-electron chi connectivity index (χ1n) is 5.30. The average molecular weight is 370 g/mol. The lowest BCUT2D eigenvalue weighted by molar-refractivity contribution is -0.197. The molecule has 1 rings (SSSR count). The molecule has 1 unspecified atom stereocenters. The monoisotopic (exact) mass is 370 g/mol. The first-order valence-corrected chi connectivity index (χ1v) is 6.90. The van der Waals surface area contributed by atoms with E-state index < -0.39 is 63.0 Å². The molecule has 0 saturated carbocycles. The zero-order valence-electron chi connectivity index (χ0n) is 10.5. The van der Waals surface area contributed by atoms with Crippen LogP contribution in [0.15, 0.2) is 6.07 Å². The predicted octanol–water partition coefficient (Wildman–Crippen LogP) is 2.22. The maximum absolute atomic E-state index is 13.2. The number of carbonyl (C=O) groups excluding carboxylic acids is 1. The minimum Gasteiger partial charge on any atom is -0.448 e. The van der Waals surface area contributed by atoms with Crippen LogP contribution in [0.5, 0.6) is 0 Å². The molecule has 1 aromatic carbocycles. The van der Waals surface area contributed by atoms with Gasteiger partial charge in [-0.1, -0.05) is 0 Å². The highest BCUT2D eigenvalue weighted by Crippen LogP contribution is 2.26. The summed E-state index contributed by atoms with van der Waals surface area (Å²) in [6.07, 6.45) is -8.94. The van der Waals surface area contributed by atoms with Gasteiger partial charge in [-0.25, -0.2) is 22.4 Å². The van der Waals surface area contributed by atoms with Gasteiger partial charge >= 0.3 is 12.1 Å². The lowest BCUT2D eigenvalue weighted by Gasteiger charge is -2.19. The van der Waals surface area contributed by atoms with E-state index in [9.17, 15) is 43.9 Å². The van der Waals surface area contributed by atoms with Gasteiger partial charge in [0.15, 0.2) is 23.3 Å². The second-order valence-corrected chi connectivity index (χ2v) is 5.53. The summed E-state index contributed by atoms with van der Waals surface area (Å²) in [7, 11) is -5.27. The van der Waals surface area contributed by atoms with Gasteiger partial charge in [0.2, 0.25) is 6.10 Å². The molecule has 23 heavy (non-hydrogen) atoms. The van der Waals surface area contributed by atoms with Gasteiger partial charge in [0.25, 0.3) is 10.1 Å². The topological polar surface area (TPSA) is 80.7 Å². The summed E-state index contributed by atoms with van der Waals surface area (Å²) >= 11 is 0. The molecule has 0 aromatic heterocycles. The van der Waals surface area contributed by atoms with Crippen LogP contribution in [-0.2, 0) is 14.9 Å². The standard InChI is InChI=1S/C10H5F7O5S/c11-4-1-3(6(12)8(14)7(4)13)9(18)22-5(10(15,16)17)2-23(19,20)21/h1,5H,2H2,(H,19,20,21). The third-order valence-electron chi connectivity index (χ3n) is 2.30. The van der Waals surface area contributed by atoms with Crippen molar-refractivity contribution in [1.29, 1.82) is 0 Å². The van der Waals surface area contributed by atoms with E-state index in [-0.39, 0.29) is 6.07 Å². The van der Waals surface area contributed by atoms with E-state index in [1.807, 2.05) is 0 Å². The molecule has 1 atom stereocenters. The second-order valence-electron chi connectivity index (χ2n) is 4.03. The van der Waals surface area contributed by atoms with Crippen LogP contribution < -0.4 is 0 Å². The smallest absolute Gasteiger partial charge is 0.426 e. The van der Waals surface area contributed by atoms with Crippen LogP contribution in [0.4, 0.5) is 30.7 Å². The first kappa shape index (κ1) is 19.2. The number of rotatable bonds is 4. The minimum absolute atomic E-state index is 0.267. The van der Waals surface area contributed by atoms with Crippen molar-refractivity contribution in [3.8, 4) is 0 Å². The van der Waals surface area contributed by atoms with Gasteiger partial charge in [0.1, 0.15) is 11.3 Å². The third kappa shape index (κ3) is 4.79. The van der Waals surface area contributed by atoms with Crippen molar-refractivity contribution in [3.63, 3.8) is 0 Å². The van der Waals surface area contributed by atoms with Crippen molar-refractivity contribution in [2.45, 2.75) is 12.3 Å². The second kappa shape index (κ2) is 6.31. The van der Waals surface area contributed by atoms with Gasteiger partial charge in [-0.3, -0.25) is 4.55 Å². The molecule has 0 bridgehead atoms. The van der Waals surface area contributed by atoms with E-state index in [4.69, 9.17) is 4.55 Å². The molecule has 0 aliphatic carbocycles. The Kier molecular flexibility index (Phi) is 5.26. The number of esters is 1. The molecule has 0 amide bonds. The Morgan fingerprint density at radius 2 is 1.65 bits per heavy atom. The Hall–Kier alpha value is -1.89. The van der Waals surface area contributed by atoms with Crippen LogP contribution >= 0.6 is 0 Å². The molecule has 130 valence electrons. The Balaban J connectivity index is 3.19.